The van der Waals surface area contributed by atoms with Gasteiger partial charge in [0.1, 0.15) is 17.6 Å². The van der Waals surface area contributed by atoms with Gasteiger partial charge in [-0.3, -0.25) is 9.78 Å². The maximum atomic E-state index is 13.1. The van der Waals surface area contributed by atoms with E-state index >= 15 is 0 Å². The van der Waals surface area contributed by atoms with Crippen molar-refractivity contribution < 1.29 is 19.0 Å². The minimum absolute atomic E-state index is 0.0550. The molecule has 180 valence electrons. The Morgan fingerprint density at radius 2 is 1.83 bits per heavy atom. The van der Waals surface area contributed by atoms with Crippen molar-refractivity contribution in [3.05, 3.63) is 65.4 Å². The van der Waals surface area contributed by atoms with E-state index in [9.17, 15) is 4.79 Å². The molecule has 1 aliphatic rings. The third-order valence-corrected chi connectivity index (χ3v) is 6.60. The first-order chi connectivity index (χ1) is 16.7. The molecule has 0 unspecified atom stereocenters. The van der Waals surface area contributed by atoms with Crippen LogP contribution in [0.15, 0.2) is 48.7 Å². The first-order valence-corrected chi connectivity index (χ1v) is 12.0. The summed E-state index contributed by atoms with van der Waals surface area (Å²) in [4.78, 5) is 17.9. The Morgan fingerprint density at radius 1 is 1.09 bits per heavy atom. The van der Waals surface area contributed by atoms with Gasteiger partial charge in [-0.25, -0.2) is 0 Å². The van der Waals surface area contributed by atoms with Gasteiger partial charge in [0.25, 0.3) is 0 Å². The van der Waals surface area contributed by atoms with Crippen molar-refractivity contribution in [3.8, 4) is 22.6 Å². The summed E-state index contributed by atoms with van der Waals surface area (Å²) in [6.45, 7) is 10.2. The normalized spacial score (nSPS) is 14.1. The highest BCUT2D eigenvalue weighted by Gasteiger charge is 2.32. The predicted octanol–water partition coefficient (Wildman–Crippen LogP) is 6.75. The number of hydrogen-bond donors (Lipinski definition) is 0. The van der Waals surface area contributed by atoms with Crippen LogP contribution in [-0.2, 0) is 16.0 Å². The van der Waals surface area contributed by atoms with E-state index in [2.05, 4.69) is 24.3 Å². The summed E-state index contributed by atoms with van der Waals surface area (Å²) in [5.74, 6) is 1.55. The van der Waals surface area contributed by atoms with E-state index in [0.717, 1.165) is 61.8 Å². The number of rotatable bonds is 5. The Bertz CT molecular complexity index is 1460. The third kappa shape index (κ3) is 3.94. The zero-order chi connectivity index (χ0) is 24.9. The Labute approximate surface area is 206 Å². The van der Waals surface area contributed by atoms with Gasteiger partial charge in [-0.2, -0.15) is 0 Å². The number of Topliss-reactive ketones (excluding diaryl/α,β-unsaturated/α-hetero) is 1. The predicted molar refractivity (Wildman–Crippen MR) is 139 cm³/mol. The Morgan fingerprint density at radius 3 is 2.51 bits per heavy atom. The van der Waals surface area contributed by atoms with Crippen LogP contribution < -0.4 is 9.47 Å². The first kappa shape index (κ1) is 23.3. The molecule has 35 heavy (non-hydrogen) atoms. The van der Waals surface area contributed by atoms with Crippen molar-refractivity contribution in [2.45, 2.75) is 52.7 Å². The van der Waals surface area contributed by atoms with E-state index in [4.69, 9.17) is 19.2 Å². The molecule has 4 aromatic rings. The minimum Gasteiger partial charge on any atom is -0.496 e. The average Bonchev–Trinajstić information content (AvgIpc) is 2.82. The number of carbonyl (C=O) groups excluding carboxylic acids is 1. The number of hydrogen-bond acceptors (Lipinski definition) is 5. The molecule has 0 bridgehead atoms. The Balaban J connectivity index is 1.95. The molecule has 5 heteroatoms. The van der Waals surface area contributed by atoms with Crippen molar-refractivity contribution >= 4 is 27.5 Å². The maximum Gasteiger partial charge on any atom is 0.163 e. The first-order valence-electron chi connectivity index (χ1n) is 12.0. The molecule has 5 nitrogen and oxygen atoms in total. The van der Waals surface area contributed by atoms with Crippen LogP contribution in [0, 0.1) is 6.92 Å². The third-order valence-electron chi connectivity index (χ3n) is 6.60. The number of pyridine rings is 1. The number of fused-ring (bicyclic) bond motifs is 1. The largest absolute Gasteiger partial charge is 0.496 e. The molecule has 1 aliphatic heterocycles. The molecule has 2 heterocycles. The number of carbonyl (C=O) groups is 1. The monoisotopic (exact) mass is 469 g/mol. The lowest BCUT2D eigenvalue weighted by Crippen LogP contribution is -2.27. The lowest BCUT2D eigenvalue weighted by molar-refractivity contribution is -0.138. The van der Waals surface area contributed by atoms with E-state index in [1.807, 2.05) is 52.1 Å². The lowest BCUT2D eigenvalue weighted by Gasteiger charge is -2.30. The number of ketones is 1. The minimum atomic E-state index is -0.759. The van der Waals surface area contributed by atoms with Crippen LogP contribution in [0.25, 0.3) is 32.8 Å². The molecule has 5 rings (SSSR count). The Kier molecular flexibility index (Phi) is 5.76. The fourth-order valence-electron chi connectivity index (χ4n) is 5.24. The number of benzene rings is 3. The van der Waals surface area contributed by atoms with Crippen LogP contribution >= 0.6 is 0 Å². The SMILES string of the molecule is COc1c(C)c([C@H](OC(C)(C)C)C(C)=O)c(-c2ccc3c4c(ccnc24)CCO3)c2ccccc12. The molecule has 1 aromatic heterocycles. The van der Waals surface area contributed by atoms with Gasteiger partial charge in [-0.1, -0.05) is 24.3 Å². The number of ether oxygens (including phenoxy) is 3. The van der Waals surface area contributed by atoms with Gasteiger partial charge < -0.3 is 14.2 Å². The molecule has 0 N–H and O–H groups in total. The van der Waals surface area contributed by atoms with Crippen LogP contribution in [0.2, 0.25) is 0 Å². The topological polar surface area (TPSA) is 57.7 Å². The standard InChI is InChI=1S/C30H31NO4/c1-17-24(29(18(2)32)35-30(3,4)5)26(20-9-7-8-10-21(20)28(17)33-6)22-11-12-23-25-19(14-16-34-23)13-15-31-27(22)25/h7-13,15,29H,14,16H2,1-6H3/t29-/m1/s1. The van der Waals surface area contributed by atoms with Gasteiger partial charge in [0, 0.05) is 34.5 Å². The molecule has 3 aromatic carbocycles. The van der Waals surface area contributed by atoms with Crippen LogP contribution in [-0.4, -0.2) is 30.1 Å². The second-order valence-electron chi connectivity index (χ2n) is 10.1. The molecular formula is C30H31NO4. The van der Waals surface area contributed by atoms with Gasteiger partial charge >= 0.3 is 0 Å². The summed E-state index contributed by atoms with van der Waals surface area (Å²) >= 11 is 0. The molecule has 1 atom stereocenters. The number of methoxy groups -OCH3 is 1. The molecule has 0 saturated heterocycles. The van der Waals surface area contributed by atoms with Crippen molar-refractivity contribution in [2.75, 3.05) is 13.7 Å². The molecule has 0 aliphatic carbocycles. The zero-order valence-electron chi connectivity index (χ0n) is 21.2. The van der Waals surface area contributed by atoms with E-state index in [0.29, 0.717) is 6.61 Å². The van der Waals surface area contributed by atoms with E-state index in [1.54, 1.807) is 14.0 Å². The van der Waals surface area contributed by atoms with Crippen LogP contribution in [0.3, 0.4) is 0 Å². The molecular weight excluding hydrogens is 438 g/mol. The summed E-state index contributed by atoms with van der Waals surface area (Å²) in [5.41, 5.74) is 5.19. The van der Waals surface area contributed by atoms with Gasteiger partial charge in [-0.05, 0) is 74.9 Å². The molecule has 0 fully saturated rings. The van der Waals surface area contributed by atoms with Gasteiger partial charge in [0.05, 0.1) is 24.8 Å². The van der Waals surface area contributed by atoms with Gasteiger partial charge in [0.15, 0.2) is 5.78 Å². The summed E-state index contributed by atoms with van der Waals surface area (Å²) in [6.07, 6.45) is 1.95. The fraction of sp³-hybridized carbons (Fsp3) is 0.333. The fourth-order valence-corrected chi connectivity index (χ4v) is 5.24. The van der Waals surface area contributed by atoms with Gasteiger partial charge in [-0.15, -0.1) is 0 Å². The van der Waals surface area contributed by atoms with Gasteiger partial charge in [0.2, 0.25) is 0 Å². The Hall–Kier alpha value is -3.44. The maximum absolute atomic E-state index is 13.1. The second-order valence-corrected chi connectivity index (χ2v) is 10.1. The van der Waals surface area contributed by atoms with Crippen molar-refractivity contribution in [1.29, 1.82) is 0 Å². The highest BCUT2D eigenvalue weighted by Crippen LogP contribution is 2.48. The van der Waals surface area contributed by atoms with Crippen molar-refractivity contribution in [2.24, 2.45) is 0 Å². The molecule has 0 spiro atoms. The highest BCUT2D eigenvalue weighted by molar-refractivity contribution is 6.10. The number of aromatic nitrogens is 1. The molecule has 0 saturated carbocycles. The zero-order valence-corrected chi connectivity index (χ0v) is 21.2. The second kappa shape index (κ2) is 8.65. The lowest BCUT2D eigenvalue weighted by atomic mass is 9.84. The summed E-state index contributed by atoms with van der Waals surface area (Å²) in [5, 5.41) is 3.02. The summed E-state index contributed by atoms with van der Waals surface area (Å²) < 4.78 is 18.3. The molecule has 0 amide bonds. The number of nitrogens with zero attached hydrogens (tertiary/aromatic N) is 1. The van der Waals surface area contributed by atoms with Crippen LogP contribution in [0.1, 0.15) is 50.5 Å². The highest BCUT2D eigenvalue weighted by atomic mass is 16.5. The van der Waals surface area contributed by atoms with E-state index in [1.165, 1.54) is 5.56 Å². The summed E-state index contributed by atoms with van der Waals surface area (Å²) in [7, 11) is 1.67. The van der Waals surface area contributed by atoms with Crippen molar-refractivity contribution in [1.82, 2.24) is 4.98 Å². The summed E-state index contributed by atoms with van der Waals surface area (Å²) in [6, 6.07) is 14.3. The van der Waals surface area contributed by atoms with E-state index in [-0.39, 0.29) is 5.78 Å². The smallest absolute Gasteiger partial charge is 0.163 e. The average molecular weight is 470 g/mol. The van der Waals surface area contributed by atoms with Crippen LogP contribution in [0.5, 0.6) is 11.5 Å². The van der Waals surface area contributed by atoms with Crippen molar-refractivity contribution in [3.63, 3.8) is 0 Å². The van der Waals surface area contributed by atoms with Crippen LogP contribution in [0.4, 0.5) is 0 Å². The quantitative estimate of drug-likeness (QED) is 0.323. The van der Waals surface area contributed by atoms with E-state index < -0.39 is 11.7 Å². The molecule has 0 radical (unpaired) electrons.